The largest absolute Gasteiger partial charge is 0.467 e. The number of hydrogen-bond donors (Lipinski definition) is 1. The fourth-order valence-electron chi connectivity index (χ4n) is 1.86. The second-order valence-electron chi connectivity index (χ2n) is 4.64. The molecule has 2 amide bonds. The molecule has 0 aliphatic carbocycles. The number of hydrogen-bond acceptors (Lipinski definition) is 3. The van der Waals surface area contributed by atoms with Gasteiger partial charge in [-0.05, 0) is 31.2 Å². The van der Waals surface area contributed by atoms with Gasteiger partial charge in [-0.1, -0.05) is 6.07 Å². The van der Waals surface area contributed by atoms with Gasteiger partial charge in [0.15, 0.2) is 0 Å². The first kappa shape index (κ1) is 15.8. The third-order valence-corrected chi connectivity index (χ3v) is 3.17. The summed E-state index contributed by atoms with van der Waals surface area (Å²) in [6.07, 6.45) is 1.53. The monoisotopic (exact) mass is 310 g/mol. The fourth-order valence-corrected chi connectivity index (χ4v) is 1.86. The maximum absolute atomic E-state index is 12.2. The first-order valence-corrected chi connectivity index (χ1v) is 6.59. The van der Waals surface area contributed by atoms with Crippen molar-refractivity contribution in [2.24, 2.45) is 0 Å². The van der Waals surface area contributed by atoms with Crippen molar-refractivity contribution in [1.82, 2.24) is 4.90 Å². The highest BCUT2D eigenvalue weighted by Crippen LogP contribution is 2.22. The number of carbonyl (C=O) groups is 1. The SMILES string of the molecule is CC(c1ccco1)N(C)C(=O)Nc1cccc(OC(F)F)c1. The Morgan fingerprint density at radius 1 is 1.32 bits per heavy atom. The number of amides is 2. The van der Waals surface area contributed by atoms with Crippen molar-refractivity contribution < 1.29 is 22.7 Å². The van der Waals surface area contributed by atoms with E-state index in [9.17, 15) is 13.6 Å². The molecule has 0 aliphatic rings. The van der Waals surface area contributed by atoms with E-state index >= 15 is 0 Å². The van der Waals surface area contributed by atoms with Gasteiger partial charge in [0.1, 0.15) is 11.5 Å². The second kappa shape index (κ2) is 6.93. The molecule has 1 N–H and O–H groups in total. The van der Waals surface area contributed by atoms with E-state index < -0.39 is 12.6 Å². The van der Waals surface area contributed by atoms with E-state index in [4.69, 9.17) is 4.42 Å². The zero-order chi connectivity index (χ0) is 16.1. The Bertz CT molecular complexity index is 617. The van der Waals surface area contributed by atoms with Crippen LogP contribution in [0.25, 0.3) is 0 Å². The molecule has 2 aromatic rings. The predicted molar refractivity (Wildman–Crippen MR) is 77.0 cm³/mol. The van der Waals surface area contributed by atoms with Gasteiger partial charge in [-0.2, -0.15) is 8.78 Å². The highest BCUT2D eigenvalue weighted by atomic mass is 19.3. The summed E-state index contributed by atoms with van der Waals surface area (Å²) in [6.45, 7) is -1.10. The Morgan fingerprint density at radius 3 is 2.73 bits per heavy atom. The summed E-state index contributed by atoms with van der Waals surface area (Å²) < 4.78 is 33.9. The topological polar surface area (TPSA) is 54.7 Å². The van der Waals surface area contributed by atoms with Gasteiger partial charge < -0.3 is 19.4 Å². The molecular weight excluding hydrogens is 294 g/mol. The minimum atomic E-state index is -2.91. The molecule has 0 saturated heterocycles. The number of benzene rings is 1. The summed E-state index contributed by atoms with van der Waals surface area (Å²) in [5.41, 5.74) is 0.363. The Balaban J connectivity index is 2.02. The van der Waals surface area contributed by atoms with Crippen LogP contribution in [0.1, 0.15) is 18.7 Å². The van der Waals surface area contributed by atoms with Crippen molar-refractivity contribution >= 4 is 11.7 Å². The number of anilines is 1. The third kappa shape index (κ3) is 3.97. The van der Waals surface area contributed by atoms with Gasteiger partial charge in [0.05, 0.1) is 12.3 Å². The first-order chi connectivity index (χ1) is 10.5. The molecule has 1 atom stereocenters. The minimum absolute atomic E-state index is 0.0189. The van der Waals surface area contributed by atoms with Crippen LogP contribution in [0.2, 0.25) is 0 Å². The van der Waals surface area contributed by atoms with Crippen LogP contribution in [0, 0.1) is 0 Å². The highest BCUT2D eigenvalue weighted by Gasteiger charge is 2.19. The number of furan rings is 1. The molecule has 0 bridgehead atoms. The van der Waals surface area contributed by atoms with Crippen molar-refractivity contribution in [2.75, 3.05) is 12.4 Å². The average molecular weight is 310 g/mol. The molecule has 0 saturated carbocycles. The van der Waals surface area contributed by atoms with Gasteiger partial charge in [-0.15, -0.1) is 0 Å². The summed E-state index contributed by atoms with van der Waals surface area (Å²) in [5, 5.41) is 2.62. The van der Waals surface area contributed by atoms with Crippen LogP contribution in [0.4, 0.5) is 19.3 Å². The summed E-state index contributed by atoms with van der Waals surface area (Å²) in [5.74, 6) is 0.627. The van der Waals surface area contributed by atoms with Gasteiger partial charge in [0.25, 0.3) is 0 Å². The van der Waals surface area contributed by atoms with Crippen LogP contribution in [0.5, 0.6) is 5.75 Å². The van der Waals surface area contributed by atoms with Gasteiger partial charge in [0.2, 0.25) is 0 Å². The lowest BCUT2D eigenvalue weighted by Gasteiger charge is -2.23. The van der Waals surface area contributed by atoms with Crippen LogP contribution in [-0.4, -0.2) is 24.6 Å². The van der Waals surface area contributed by atoms with E-state index in [-0.39, 0.29) is 11.8 Å². The number of halogens is 2. The maximum Gasteiger partial charge on any atom is 0.387 e. The quantitative estimate of drug-likeness (QED) is 0.904. The number of ether oxygens (including phenoxy) is 1. The van der Waals surface area contributed by atoms with E-state index in [1.54, 1.807) is 25.2 Å². The van der Waals surface area contributed by atoms with Crippen LogP contribution >= 0.6 is 0 Å². The number of rotatable bonds is 5. The minimum Gasteiger partial charge on any atom is -0.467 e. The lowest BCUT2D eigenvalue weighted by atomic mass is 10.2. The predicted octanol–water partition coefficient (Wildman–Crippen LogP) is 4.11. The van der Waals surface area contributed by atoms with Crippen LogP contribution in [0.15, 0.2) is 47.1 Å². The molecule has 0 radical (unpaired) electrons. The molecular formula is C15H16F2N2O3. The maximum atomic E-state index is 12.2. The highest BCUT2D eigenvalue weighted by molar-refractivity contribution is 5.89. The summed E-state index contributed by atoms with van der Waals surface area (Å²) in [6, 6.07) is 8.67. The van der Waals surface area contributed by atoms with E-state index in [2.05, 4.69) is 10.1 Å². The normalized spacial score (nSPS) is 12.0. The molecule has 7 heteroatoms. The van der Waals surface area contributed by atoms with Gasteiger partial charge in [-0.3, -0.25) is 0 Å². The van der Waals surface area contributed by atoms with Crippen molar-refractivity contribution in [3.8, 4) is 5.75 Å². The Kier molecular flexibility index (Phi) is 4.98. The summed E-state index contributed by atoms with van der Waals surface area (Å²) in [4.78, 5) is 13.6. The Morgan fingerprint density at radius 2 is 2.09 bits per heavy atom. The molecule has 22 heavy (non-hydrogen) atoms. The van der Waals surface area contributed by atoms with E-state index in [1.165, 1.54) is 29.4 Å². The zero-order valence-electron chi connectivity index (χ0n) is 12.1. The number of nitrogens with zero attached hydrogens (tertiary/aromatic N) is 1. The molecule has 1 aromatic carbocycles. The molecule has 0 fully saturated rings. The molecule has 5 nitrogen and oxygen atoms in total. The molecule has 0 spiro atoms. The standard InChI is InChI=1S/C15H16F2N2O3/c1-10(13-7-4-8-21-13)19(2)15(20)18-11-5-3-6-12(9-11)22-14(16)17/h3-10,14H,1-2H3,(H,18,20). The number of nitrogens with one attached hydrogen (secondary N) is 1. The Hall–Kier alpha value is -2.57. The number of urea groups is 1. The third-order valence-electron chi connectivity index (χ3n) is 3.17. The molecule has 1 unspecified atom stereocenters. The molecule has 1 aromatic heterocycles. The molecule has 1 heterocycles. The molecule has 2 rings (SSSR count). The lowest BCUT2D eigenvalue weighted by molar-refractivity contribution is -0.0497. The molecule has 0 aliphatic heterocycles. The van der Waals surface area contributed by atoms with Crippen molar-refractivity contribution in [3.63, 3.8) is 0 Å². The van der Waals surface area contributed by atoms with Crippen LogP contribution in [-0.2, 0) is 0 Å². The second-order valence-corrected chi connectivity index (χ2v) is 4.64. The summed E-state index contributed by atoms with van der Waals surface area (Å²) in [7, 11) is 1.61. The Labute approximate surface area is 126 Å². The van der Waals surface area contributed by atoms with Crippen molar-refractivity contribution in [2.45, 2.75) is 19.6 Å². The number of alkyl halides is 2. The van der Waals surface area contributed by atoms with Crippen LogP contribution in [0.3, 0.4) is 0 Å². The van der Waals surface area contributed by atoms with E-state index in [0.717, 1.165) is 0 Å². The summed E-state index contributed by atoms with van der Waals surface area (Å²) >= 11 is 0. The van der Waals surface area contributed by atoms with Gasteiger partial charge in [0, 0.05) is 18.8 Å². The van der Waals surface area contributed by atoms with E-state index in [1.807, 2.05) is 6.92 Å². The zero-order valence-corrected chi connectivity index (χ0v) is 12.1. The average Bonchev–Trinajstić information content (AvgIpc) is 2.99. The van der Waals surface area contributed by atoms with Gasteiger partial charge >= 0.3 is 12.6 Å². The van der Waals surface area contributed by atoms with E-state index in [0.29, 0.717) is 11.4 Å². The van der Waals surface area contributed by atoms with Crippen molar-refractivity contribution in [3.05, 3.63) is 48.4 Å². The van der Waals surface area contributed by atoms with Crippen LogP contribution < -0.4 is 10.1 Å². The van der Waals surface area contributed by atoms with Crippen molar-refractivity contribution in [1.29, 1.82) is 0 Å². The first-order valence-electron chi connectivity index (χ1n) is 6.59. The fraction of sp³-hybridized carbons (Fsp3) is 0.267. The molecule has 118 valence electrons. The van der Waals surface area contributed by atoms with Gasteiger partial charge in [-0.25, -0.2) is 4.79 Å². The smallest absolute Gasteiger partial charge is 0.387 e. The number of carbonyl (C=O) groups excluding carboxylic acids is 1. The lowest BCUT2D eigenvalue weighted by Crippen LogP contribution is -2.33.